The van der Waals surface area contributed by atoms with Gasteiger partial charge in [0.15, 0.2) is 0 Å². The number of hydrogen-bond acceptors (Lipinski definition) is 6. The van der Waals surface area contributed by atoms with Gasteiger partial charge >= 0.3 is 6.01 Å². The molecule has 0 fully saturated rings. The molecule has 0 aliphatic heterocycles. The fraction of sp³-hybridized carbons (Fsp3) is 0.263. The molecule has 1 N–H and O–H groups in total. The highest BCUT2D eigenvalue weighted by atomic mass is 16.5. The molecule has 0 radical (unpaired) electrons. The van der Waals surface area contributed by atoms with Crippen molar-refractivity contribution in [3.05, 3.63) is 65.9 Å². The Morgan fingerprint density at radius 3 is 2.96 bits per heavy atom. The Hall–Kier alpha value is -3.06. The van der Waals surface area contributed by atoms with Crippen LogP contribution in [0, 0.1) is 6.92 Å². The monoisotopic (exact) mass is 350 g/mol. The molecule has 0 aliphatic rings. The second kappa shape index (κ2) is 8.87. The van der Waals surface area contributed by atoms with Crippen LogP contribution in [0.15, 0.2) is 54.0 Å². The van der Waals surface area contributed by atoms with Gasteiger partial charge < -0.3 is 10.1 Å². The minimum atomic E-state index is 0.340. The number of benzene rings is 1. The first kappa shape index (κ1) is 17.8. The Morgan fingerprint density at radius 2 is 2.19 bits per heavy atom. The quantitative estimate of drug-likeness (QED) is 0.498. The fourth-order valence-electron chi connectivity index (χ4n) is 2.37. The van der Waals surface area contributed by atoms with Crippen molar-refractivity contribution in [2.45, 2.75) is 13.5 Å². The average molecular weight is 350 g/mol. The normalized spacial score (nSPS) is 11.2. The number of ether oxygens (including phenoxy) is 1. The highest BCUT2D eigenvalue weighted by Gasteiger charge is 2.07. The van der Waals surface area contributed by atoms with E-state index in [1.807, 2.05) is 42.2 Å². The van der Waals surface area contributed by atoms with E-state index in [-0.39, 0.29) is 0 Å². The average Bonchev–Trinajstić information content (AvgIpc) is 3.17. The molecule has 2 heterocycles. The van der Waals surface area contributed by atoms with E-state index in [4.69, 9.17) is 4.74 Å². The second-order valence-corrected chi connectivity index (χ2v) is 5.81. The summed E-state index contributed by atoms with van der Waals surface area (Å²) in [4.78, 5) is 17.5. The van der Waals surface area contributed by atoms with Crippen molar-refractivity contribution < 1.29 is 4.74 Å². The van der Waals surface area contributed by atoms with Crippen LogP contribution in [0.25, 0.3) is 5.82 Å². The topological polar surface area (TPSA) is 77.2 Å². The first-order valence-electron chi connectivity index (χ1n) is 8.45. The third kappa shape index (κ3) is 4.97. The van der Waals surface area contributed by atoms with Gasteiger partial charge in [0.1, 0.15) is 18.8 Å². The molecule has 7 nitrogen and oxygen atoms in total. The standard InChI is InChI=1S/C19H22N6O/c1-15-4-3-5-16(10-15)12-22-13-17-11-18(25-8-6-21-14-25)24-19(23-17)26-9-7-20-2/h3-6,8,10-12,14,20H,7,9,13H2,1-2H3. The number of hydrogen-bond donors (Lipinski definition) is 1. The predicted octanol–water partition coefficient (Wildman–Crippen LogP) is 2.19. The molecule has 134 valence electrons. The molecular formula is C19H22N6O. The summed E-state index contributed by atoms with van der Waals surface area (Å²) in [6.45, 7) is 3.73. The van der Waals surface area contributed by atoms with E-state index >= 15 is 0 Å². The third-order valence-corrected chi connectivity index (χ3v) is 3.63. The van der Waals surface area contributed by atoms with Crippen molar-refractivity contribution in [1.29, 1.82) is 0 Å². The summed E-state index contributed by atoms with van der Waals surface area (Å²) < 4.78 is 7.46. The number of aliphatic imine (C=N–C) groups is 1. The lowest BCUT2D eigenvalue weighted by Crippen LogP contribution is -2.17. The van der Waals surface area contributed by atoms with Crippen molar-refractivity contribution in [3.8, 4) is 11.8 Å². The maximum atomic E-state index is 5.64. The minimum absolute atomic E-state index is 0.340. The number of rotatable bonds is 8. The third-order valence-electron chi connectivity index (χ3n) is 3.63. The Kier molecular flexibility index (Phi) is 6.05. The summed E-state index contributed by atoms with van der Waals surface area (Å²) >= 11 is 0. The van der Waals surface area contributed by atoms with Crippen LogP contribution in [0.2, 0.25) is 0 Å². The smallest absolute Gasteiger partial charge is 0.318 e. The van der Waals surface area contributed by atoms with E-state index in [9.17, 15) is 0 Å². The van der Waals surface area contributed by atoms with Crippen molar-refractivity contribution in [1.82, 2.24) is 24.8 Å². The number of likely N-dealkylation sites (N-methyl/N-ethyl adjacent to an activating group) is 1. The molecule has 3 aromatic rings. The second-order valence-electron chi connectivity index (χ2n) is 5.81. The van der Waals surface area contributed by atoms with Gasteiger partial charge in [-0.25, -0.2) is 4.98 Å². The lowest BCUT2D eigenvalue weighted by Gasteiger charge is -2.08. The molecule has 0 saturated carbocycles. The molecular weight excluding hydrogens is 328 g/mol. The number of aromatic nitrogens is 4. The van der Waals surface area contributed by atoms with Crippen LogP contribution in [-0.2, 0) is 6.54 Å². The van der Waals surface area contributed by atoms with Crippen LogP contribution in [0.4, 0.5) is 0 Å². The maximum Gasteiger partial charge on any atom is 0.318 e. The number of nitrogens with zero attached hydrogens (tertiary/aromatic N) is 5. The van der Waals surface area contributed by atoms with E-state index < -0.39 is 0 Å². The van der Waals surface area contributed by atoms with Gasteiger partial charge in [0.2, 0.25) is 0 Å². The lowest BCUT2D eigenvalue weighted by molar-refractivity contribution is 0.292. The van der Waals surface area contributed by atoms with Crippen LogP contribution in [0.5, 0.6) is 6.01 Å². The summed E-state index contributed by atoms with van der Waals surface area (Å²) in [6.07, 6.45) is 7.09. The van der Waals surface area contributed by atoms with Crippen molar-refractivity contribution in [3.63, 3.8) is 0 Å². The first-order chi connectivity index (χ1) is 12.7. The van der Waals surface area contributed by atoms with Gasteiger partial charge in [-0.2, -0.15) is 9.97 Å². The first-order valence-corrected chi connectivity index (χ1v) is 8.45. The van der Waals surface area contributed by atoms with Gasteiger partial charge in [0.05, 0.1) is 12.2 Å². The van der Waals surface area contributed by atoms with Gasteiger partial charge in [-0.3, -0.25) is 9.56 Å². The number of nitrogens with one attached hydrogen (secondary N) is 1. The van der Waals surface area contributed by atoms with Gasteiger partial charge in [-0.15, -0.1) is 0 Å². The number of imidazole rings is 1. The highest BCUT2D eigenvalue weighted by molar-refractivity contribution is 5.79. The zero-order valence-corrected chi connectivity index (χ0v) is 15.0. The van der Waals surface area contributed by atoms with Crippen LogP contribution in [0.3, 0.4) is 0 Å². The van der Waals surface area contributed by atoms with Crippen molar-refractivity contribution >= 4 is 6.21 Å². The summed E-state index contributed by atoms with van der Waals surface area (Å²) in [7, 11) is 1.87. The molecule has 3 rings (SSSR count). The molecule has 7 heteroatoms. The Balaban J connectivity index is 1.78. The van der Waals surface area contributed by atoms with E-state index in [1.165, 1.54) is 5.56 Å². The molecule has 0 amide bonds. The minimum Gasteiger partial charge on any atom is -0.462 e. The zero-order valence-electron chi connectivity index (χ0n) is 15.0. The van der Waals surface area contributed by atoms with Crippen LogP contribution in [0.1, 0.15) is 16.8 Å². The van der Waals surface area contributed by atoms with Crippen LogP contribution < -0.4 is 10.1 Å². The zero-order chi connectivity index (χ0) is 18.2. The lowest BCUT2D eigenvalue weighted by atomic mass is 10.1. The van der Waals surface area contributed by atoms with Gasteiger partial charge in [-0.1, -0.05) is 29.8 Å². The molecule has 0 unspecified atom stereocenters. The Bertz CT molecular complexity index is 860. The van der Waals surface area contributed by atoms with Gasteiger partial charge in [0.25, 0.3) is 0 Å². The van der Waals surface area contributed by atoms with Gasteiger partial charge in [-0.05, 0) is 19.5 Å². The van der Waals surface area contributed by atoms with E-state index in [1.54, 1.807) is 12.5 Å². The van der Waals surface area contributed by atoms with Crippen LogP contribution >= 0.6 is 0 Å². The molecule has 26 heavy (non-hydrogen) atoms. The van der Waals surface area contributed by atoms with Gasteiger partial charge in [0, 0.05) is 31.2 Å². The van der Waals surface area contributed by atoms with Crippen LogP contribution in [-0.4, -0.2) is 45.9 Å². The Morgan fingerprint density at radius 1 is 1.27 bits per heavy atom. The van der Waals surface area contributed by atoms with E-state index in [0.717, 1.165) is 17.8 Å². The number of aryl methyl sites for hydroxylation is 1. The summed E-state index contributed by atoms with van der Waals surface area (Å²) in [6, 6.07) is 10.4. The summed E-state index contributed by atoms with van der Waals surface area (Å²) in [5, 5.41) is 3.03. The van der Waals surface area contributed by atoms with E-state index in [0.29, 0.717) is 25.0 Å². The molecule has 2 aromatic heterocycles. The molecule has 0 aliphatic carbocycles. The van der Waals surface area contributed by atoms with Crippen molar-refractivity contribution in [2.24, 2.45) is 4.99 Å². The van der Waals surface area contributed by atoms with Crippen molar-refractivity contribution in [2.75, 3.05) is 20.2 Å². The summed E-state index contributed by atoms with van der Waals surface area (Å²) in [5.74, 6) is 0.706. The highest BCUT2D eigenvalue weighted by Crippen LogP contribution is 2.13. The largest absolute Gasteiger partial charge is 0.462 e. The molecule has 0 saturated heterocycles. The maximum absolute atomic E-state index is 5.64. The van der Waals surface area contributed by atoms with E-state index in [2.05, 4.69) is 44.3 Å². The summed E-state index contributed by atoms with van der Waals surface area (Å²) in [5.41, 5.74) is 3.06. The molecule has 1 aromatic carbocycles. The predicted molar refractivity (Wildman–Crippen MR) is 101 cm³/mol. The fourth-order valence-corrected chi connectivity index (χ4v) is 2.37. The SMILES string of the molecule is CNCCOc1nc(CN=Cc2cccc(C)c2)cc(-n2ccnc2)n1. The molecule has 0 bridgehead atoms. The Labute approximate surface area is 152 Å². The molecule has 0 atom stereocenters. The molecule has 0 spiro atoms.